The quantitative estimate of drug-likeness (QED) is 0.0597. The Morgan fingerprint density at radius 2 is 1.49 bits per heavy atom. The Morgan fingerprint density at radius 3 is 2.07 bits per heavy atom. The highest BCUT2D eigenvalue weighted by molar-refractivity contribution is 7.97. The van der Waals surface area contributed by atoms with Gasteiger partial charge in [-0.15, -0.1) is 0 Å². The number of carbonyl (C=O) groups excluding carboxylic acids is 2. The van der Waals surface area contributed by atoms with Gasteiger partial charge in [0.2, 0.25) is 11.7 Å². The Kier molecular flexibility index (Phi) is 9.84. The number of hydroxylamine groups is 1. The van der Waals surface area contributed by atoms with E-state index in [-0.39, 0.29) is 29.7 Å². The maximum Gasteiger partial charge on any atom is 0.278 e. The van der Waals surface area contributed by atoms with Crippen molar-refractivity contribution in [3.63, 3.8) is 0 Å². The minimum absolute atomic E-state index is 0.0103. The molecule has 0 atom stereocenters. The number of halogens is 5. The van der Waals surface area contributed by atoms with E-state index in [9.17, 15) is 36.6 Å². The van der Waals surface area contributed by atoms with Crippen LogP contribution in [0.4, 0.5) is 27.6 Å². The molecule has 1 fully saturated rings. The lowest BCUT2D eigenvalue weighted by molar-refractivity contribution is -0.117. The standard InChI is InChI=1S/C28H26F5N3O4S/c29-22-23(30)25(32)27(26(33)24(22)31)41-34-13-21(38)36(18-10-11-19(20(37)12-18)28(39)35-40)14-15-6-8-17(9-7-15)16-4-2-1-3-5-16/h6-12,16,34,37,40H,1-5,13-14H2,(H,35,39). The van der Waals surface area contributed by atoms with Gasteiger partial charge in [0.25, 0.3) is 5.91 Å². The first-order valence-corrected chi connectivity index (χ1v) is 13.5. The number of amides is 2. The highest BCUT2D eigenvalue weighted by atomic mass is 32.2. The Hall–Kier alpha value is -3.68. The number of benzene rings is 3. The summed E-state index contributed by atoms with van der Waals surface area (Å²) in [6.07, 6.45) is 5.75. The van der Waals surface area contributed by atoms with Crippen molar-refractivity contribution in [3.05, 3.63) is 88.2 Å². The first-order chi connectivity index (χ1) is 19.6. The molecule has 1 aliphatic carbocycles. The molecule has 13 heteroatoms. The predicted octanol–water partition coefficient (Wildman–Crippen LogP) is 6.08. The molecule has 0 saturated heterocycles. The van der Waals surface area contributed by atoms with E-state index in [0.717, 1.165) is 18.9 Å². The van der Waals surface area contributed by atoms with Gasteiger partial charge in [-0.25, -0.2) is 27.4 Å². The molecule has 0 unspecified atom stereocenters. The first-order valence-electron chi connectivity index (χ1n) is 12.7. The monoisotopic (exact) mass is 595 g/mol. The topological polar surface area (TPSA) is 102 Å². The zero-order valence-corrected chi connectivity index (χ0v) is 22.3. The lowest BCUT2D eigenvalue weighted by Gasteiger charge is -2.25. The summed E-state index contributed by atoms with van der Waals surface area (Å²) in [6.45, 7) is -0.617. The smallest absolute Gasteiger partial charge is 0.278 e. The number of phenols is 1. The minimum atomic E-state index is -2.29. The van der Waals surface area contributed by atoms with Crippen LogP contribution in [0.3, 0.4) is 0 Å². The van der Waals surface area contributed by atoms with Crippen LogP contribution in [0.15, 0.2) is 47.4 Å². The molecule has 0 aliphatic heterocycles. The molecule has 218 valence electrons. The number of phenolic OH excluding ortho intramolecular Hbond substituents is 1. The summed E-state index contributed by atoms with van der Waals surface area (Å²) in [5.74, 6) is -12.3. The summed E-state index contributed by atoms with van der Waals surface area (Å²) >= 11 is 0.0639. The summed E-state index contributed by atoms with van der Waals surface area (Å²) in [6, 6.07) is 11.3. The number of hydrogen-bond acceptors (Lipinski definition) is 6. The molecule has 7 nitrogen and oxygen atoms in total. The van der Waals surface area contributed by atoms with Crippen molar-refractivity contribution in [2.75, 3.05) is 11.4 Å². The Labute approximate surface area is 236 Å². The minimum Gasteiger partial charge on any atom is -0.507 e. The van der Waals surface area contributed by atoms with Crippen LogP contribution in [-0.2, 0) is 11.3 Å². The van der Waals surface area contributed by atoms with Crippen LogP contribution >= 0.6 is 11.9 Å². The SMILES string of the molecule is O=C(NO)c1ccc(N(Cc2ccc(C3CCCCC3)cc2)C(=O)CNSc2c(F)c(F)c(F)c(F)c2F)cc1O. The van der Waals surface area contributed by atoms with Gasteiger partial charge in [0.05, 0.1) is 18.7 Å². The number of aromatic hydroxyl groups is 1. The zero-order valence-electron chi connectivity index (χ0n) is 21.5. The molecular weight excluding hydrogens is 569 g/mol. The van der Waals surface area contributed by atoms with Gasteiger partial charge in [-0.3, -0.25) is 19.5 Å². The van der Waals surface area contributed by atoms with Gasteiger partial charge in [-0.05, 0) is 54.0 Å². The number of carbonyl (C=O) groups is 2. The fourth-order valence-electron chi connectivity index (χ4n) is 4.72. The fraction of sp³-hybridized carbons (Fsp3) is 0.286. The molecule has 0 heterocycles. The lowest BCUT2D eigenvalue weighted by Crippen LogP contribution is -2.36. The molecule has 0 spiro atoms. The van der Waals surface area contributed by atoms with Gasteiger partial charge in [0, 0.05) is 11.8 Å². The van der Waals surface area contributed by atoms with Crippen molar-refractivity contribution in [1.29, 1.82) is 0 Å². The van der Waals surface area contributed by atoms with Gasteiger partial charge < -0.3 is 10.0 Å². The molecule has 1 saturated carbocycles. The van der Waals surface area contributed by atoms with Gasteiger partial charge in [-0.2, -0.15) is 0 Å². The van der Waals surface area contributed by atoms with E-state index in [1.807, 2.05) is 24.3 Å². The molecule has 4 N–H and O–H groups in total. The van der Waals surface area contributed by atoms with E-state index in [2.05, 4.69) is 4.72 Å². The average Bonchev–Trinajstić information content (AvgIpc) is 2.99. The molecule has 4 rings (SSSR count). The molecule has 0 bridgehead atoms. The van der Waals surface area contributed by atoms with Crippen molar-refractivity contribution < 1.29 is 41.9 Å². The summed E-state index contributed by atoms with van der Waals surface area (Å²) in [5.41, 5.74) is 3.17. The zero-order chi connectivity index (χ0) is 29.7. The van der Waals surface area contributed by atoms with Crippen molar-refractivity contribution in [3.8, 4) is 5.75 Å². The third-order valence-corrected chi connectivity index (χ3v) is 7.76. The second-order valence-electron chi connectivity index (χ2n) is 9.52. The summed E-state index contributed by atoms with van der Waals surface area (Å²) in [4.78, 5) is 25.0. The third kappa shape index (κ3) is 6.80. The number of hydrogen-bond donors (Lipinski definition) is 4. The fourth-order valence-corrected chi connectivity index (χ4v) is 5.42. The molecule has 2 amide bonds. The Bertz CT molecular complexity index is 1410. The summed E-state index contributed by atoms with van der Waals surface area (Å²) in [7, 11) is 0. The van der Waals surface area contributed by atoms with Crippen molar-refractivity contribution in [1.82, 2.24) is 10.2 Å². The van der Waals surface area contributed by atoms with Crippen LogP contribution in [0.1, 0.15) is 59.5 Å². The largest absolute Gasteiger partial charge is 0.507 e. The molecular formula is C28H26F5N3O4S. The lowest BCUT2D eigenvalue weighted by atomic mass is 9.84. The van der Waals surface area contributed by atoms with E-state index in [1.54, 1.807) is 0 Å². The maximum atomic E-state index is 14.0. The summed E-state index contributed by atoms with van der Waals surface area (Å²) < 4.78 is 70.8. The number of nitrogens with zero attached hydrogens (tertiary/aromatic N) is 1. The van der Waals surface area contributed by atoms with Crippen LogP contribution < -0.4 is 15.1 Å². The van der Waals surface area contributed by atoms with Gasteiger partial charge in [0.15, 0.2) is 23.3 Å². The highest BCUT2D eigenvalue weighted by Gasteiger charge is 2.27. The van der Waals surface area contributed by atoms with Crippen molar-refractivity contribution in [2.24, 2.45) is 0 Å². The Balaban J connectivity index is 1.55. The van der Waals surface area contributed by atoms with E-state index in [1.165, 1.54) is 47.3 Å². The number of nitrogens with one attached hydrogen (secondary N) is 2. The highest BCUT2D eigenvalue weighted by Crippen LogP contribution is 2.33. The predicted molar refractivity (Wildman–Crippen MR) is 141 cm³/mol. The van der Waals surface area contributed by atoms with Gasteiger partial charge >= 0.3 is 0 Å². The Morgan fingerprint density at radius 1 is 0.878 bits per heavy atom. The van der Waals surface area contributed by atoms with Crippen molar-refractivity contribution in [2.45, 2.75) is 49.5 Å². The normalized spacial score (nSPS) is 13.7. The van der Waals surface area contributed by atoms with Gasteiger partial charge in [-0.1, -0.05) is 43.5 Å². The molecule has 1 aliphatic rings. The van der Waals surface area contributed by atoms with E-state index >= 15 is 0 Å². The van der Waals surface area contributed by atoms with Crippen molar-refractivity contribution >= 4 is 29.4 Å². The second kappa shape index (κ2) is 13.3. The van der Waals surface area contributed by atoms with Crippen LogP contribution in [-0.4, -0.2) is 28.7 Å². The number of anilines is 1. The van der Waals surface area contributed by atoms with Gasteiger partial charge in [0.1, 0.15) is 10.6 Å². The average molecular weight is 596 g/mol. The second-order valence-corrected chi connectivity index (χ2v) is 10.4. The first kappa shape index (κ1) is 30.3. The molecule has 41 heavy (non-hydrogen) atoms. The van der Waals surface area contributed by atoms with Crippen LogP contribution in [0, 0.1) is 29.1 Å². The molecule has 0 radical (unpaired) electrons. The van der Waals surface area contributed by atoms with Crippen LogP contribution in [0.25, 0.3) is 0 Å². The van der Waals surface area contributed by atoms with E-state index < -0.39 is 58.1 Å². The summed E-state index contributed by atoms with van der Waals surface area (Å²) in [5, 5.41) is 19.2. The molecule has 0 aromatic heterocycles. The molecule has 3 aromatic carbocycles. The molecule has 3 aromatic rings. The number of rotatable bonds is 9. The maximum absolute atomic E-state index is 14.0. The van der Waals surface area contributed by atoms with Crippen LogP contribution in [0.2, 0.25) is 0 Å². The van der Waals surface area contributed by atoms with E-state index in [0.29, 0.717) is 11.5 Å². The van der Waals surface area contributed by atoms with E-state index in [4.69, 9.17) is 5.21 Å². The van der Waals surface area contributed by atoms with Crippen LogP contribution in [0.5, 0.6) is 5.75 Å². The third-order valence-electron chi connectivity index (χ3n) is 6.90.